The molecule has 2 saturated carbocycles. The van der Waals surface area contributed by atoms with Crippen molar-refractivity contribution in [1.29, 1.82) is 0 Å². The van der Waals surface area contributed by atoms with E-state index in [0.29, 0.717) is 35.2 Å². The third-order valence-electron chi connectivity index (χ3n) is 6.12. The van der Waals surface area contributed by atoms with E-state index in [1.165, 1.54) is 38.9 Å². The highest BCUT2D eigenvalue weighted by Crippen LogP contribution is 2.51. The Balaban J connectivity index is 1.48. The van der Waals surface area contributed by atoms with E-state index < -0.39 is 0 Å². The van der Waals surface area contributed by atoms with Gasteiger partial charge in [0.2, 0.25) is 0 Å². The first kappa shape index (κ1) is 15.8. The summed E-state index contributed by atoms with van der Waals surface area (Å²) in [7, 11) is 1.50. The molecule has 1 amide bonds. The van der Waals surface area contributed by atoms with Crippen LogP contribution in [0.25, 0.3) is 0 Å². The van der Waals surface area contributed by atoms with E-state index >= 15 is 0 Å². The van der Waals surface area contributed by atoms with Crippen molar-refractivity contribution in [3.8, 4) is 11.5 Å². The summed E-state index contributed by atoms with van der Waals surface area (Å²) >= 11 is 0. The van der Waals surface area contributed by atoms with Crippen molar-refractivity contribution in [2.24, 2.45) is 17.8 Å². The zero-order valence-corrected chi connectivity index (χ0v) is 14.0. The summed E-state index contributed by atoms with van der Waals surface area (Å²) in [5, 5.41) is 13.1. The zero-order chi connectivity index (χ0) is 16.7. The zero-order valence-electron chi connectivity index (χ0n) is 14.0. The molecule has 1 aromatic carbocycles. The molecule has 1 heterocycles. The summed E-state index contributed by atoms with van der Waals surface area (Å²) in [5.74, 6) is 1.84. The Labute approximate surface area is 142 Å². The lowest BCUT2D eigenvalue weighted by atomic mass is 9.61. The van der Waals surface area contributed by atoms with Gasteiger partial charge in [-0.2, -0.15) is 0 Å². The first-order chi connectivity index (χ1) is 11.7. The number of fused-ring (bicyclic) bond motifs is 1. The Morgan fingerprint density at radius 2 is 2.08 bits per heavy atom. The predicted octanol–water partition coefficient (Wildman–Crippen LogP) is 2.72. The minimum absolute atomic E-state index is 0.00632. The quantitative estimate of drug-likeness (QED) is 0.890. The predicted molar refractivity (Wildman–Crippen MR) is 89.2 cm³/mol. The maximum atomic E-state index is 12.6. The molecule has 130 valence electrons. The second-order valence-electron chi connectivity index (χ2n) is 7.30. The third-order valence-corrected chi connectivity index (χ3v) is 6.12. The van der Waals surface area contributed by atoms with E-state index in [0.717, 1.165) is 13.0 Å². The number of ether oxygens (including phenoxy) is 2. The average Bonchev–Trinajstić information content (AvgIpc) is 3.23. The van der Waals surface area contributed by atoms with Gasteiger partial charge in [0.05, 0.1) is 13.2 Å². The number of hydrogen-bond acceptors (Lipinski definition) is 4. The van der Waals surface area contributed by atoms with E-state index in [1.54, 1.807) is 12.1 Å². The number of rotatable bonds is 4. The first-order valence-electron chi connectivity index (χ1n) is 8.98. The second-order valence-corrected chi connectivity index (χ2v) is 7.30. The Morgan fingerprint density at radius 3 is 2.79 bits per heavy atom. The number of carbonyl (C=O) groups is 1. The number of aromatic hydroxyl groups is 1. The lowest BCUT2D eigenvalue weighted by Crippen LogP contribution is -2.63. The van der Waals surface area contributed by atoms with Gasteiger partial charge in [0, 0.05) is 30.0 Å². The van der Waals surface area contributed by atoms with Crippen LogP contribution in [0.1, 0.15) is 42.5 Å². The molecule has 1 aromatic rings. The normalized spacial score (nSPS) is 32.2. The van der Waals surface area contributed by atoms with Crippen LogP contribution in [0.15, 0.2) is 18.2 Å². The topological polar surface area (TPSA) is 67.8 Å². The van der Waals surface area contributed by atoms with E-state index in [1.807, 2.05) is 0 Å². The molecule has 5 heteroatoms. The third kappa shape index (κ3) is 2.55. The molecule has 4 rings (SSSR count). The Bertz CT molecular complexity index is 621. The Morgan fingerprint density at radius 1 is 1.29 bits per heavy atom. The van der Waals surface area contributed by atoms with Crippen LogP contribution in [0.2, 0.25) is 0 Å². The van der Waals surface area contributed by atoms with E-state index in [4.69, 9.17) is 9.47 Å². The highest BCUT2D eigenvalue weighted by Gasteiger charge is 2.57. The maximum Gasteiger partial charge on any atom is 0.251 e. The highest BCUT2D eigenvalue weighted by atomic mass is 16.5. The fourth-order valence-electron chi connectivity index (χ4n) is 4.93. The van der Waals surface area contributed by atoms with Crippen molar-refractivity contribution in [2.75, 3.05) is 13.7 Å². The summed E-state index contributed by atoms with van der Waals surface area (Å²) in [6.07, 6.45) is 6.48. The molecule has 3 aliphatic rings. The minimum atomic E-state index is -0.119. The monoisotopic (exact) mass is 331 g/mol. The molecule has 1 saturated heterocycles. The van der Waals surface area contributed by atoms with Gasteiger partial charge in [0.25, 0.3) is 5.91 Å². The molecule has 0 aromatic heterocycles. The van der Waals surface area contributed by atoms with Crippen molar-refractivity contribution in [1.82, 2.24) is 5.32 Å². The number of amides is 1. The number of nitrogens with one attached hydrogen (secondary N) is 1. The molecule has 1 aliphatic heterocycles. The fourth-order valence-corrected chi connectivity index (χ4v) is 4.93. The molecule has 4 atom stereocenters. The van der Waals surface area contributed by atoms with Crippen LogP contribution in [0.3, 0.4) is 0 Å². The van der Waals surface area contributed by atoms with Gasteiger partial charge in [-0.3, -0.25) is 4.79 Å². The van der Waals surface area contributed by atoms with Crippen LogP contribution in [0.4, 0.5) is 0 Å². The number of phenols is 1. The Hall–Kier alpha value is -1.75. The van der Waals surface area contributed by atoms with Gasteiger partial charge in [0.15, 0.2) is 11.5 Å². The van der Waals surface area contributed by atoms with Gasteiger partial charge in [-0.15, -0.1) is 0 Å². The smallest absolute Gasteiger partial charge is 0.251 e. The molecule has 2 aliphatic carbocycles. The van der Waals surface area contributed by atoms with Crippen LogP contribution >= 0.6 is 0 Å². The fraction of sp³-hybridized carbons (Fsp3) is 0.632. The lowest BCUT2D eigenvalue weighted by molar-refractivity contribution is -0.0784. The summed E-state index contributed by atoms with van der Waals surface area (Å²) in [6, 6.07) is 5.00. The number of phenolic OH excluding ortho intramolecular Hbond substituents is 1. The van der Waals surface area contributed by atoms with Crippen LogP contribution in [0, 0.1) is 17.8 Å². The number of methoxy groups -OCH3 is 1. The maximum absolute atomic E-state index is 12.6. The molecular formula is C19H25NO4. The van der Waals surface area contributed by atoms with Crippen LogP contribution in [0.5, 0.6) is 11.5 Å². The number of benzene rings is 1. The number of carbonyl (C=O) groups excluding carboxylic acids is 1. The SMILES string of the molecule is COc1ccc(C(=O)N[C@@H]2[C@@H]3CCO[C@@H]3[C@@H]2C2CCCC2)cc1O. The van der Waals surface area contributed by atoms with Crippen molar-refractivity contribution in [3.05, 3.63) is 23.8 Å². The molecule has 5 nitrogen and oxygen atoms in total. The minimum Gasteiger partial charge on any atom is -0.504 e. The van der Waals surface area contributed by atoms with Gasteiger partial charge in [-0.05, 0) is 30.5 Å². The Kier molecular flexibility index (Phi) is 4.12. The lowest BCUT2D eigenvalue weighted by Gasteiger charge is -2.50. The summed E-state index contributed by atoms with van der Waals surface area (Å²) in [6.45, 7) is 0.814. The first-order valence-corrected chi connectivity index (χ1v) is 8.98. The molecule has 0 bridgehead atoms. The van der Waals surface area contributed by atoms with E-state index in [-0.39, 0.29) is 17.7 Å². The van der Waals surface area contributed by atoms with Crippen molar-refractivity contribution >= 4 is 5.91 Å². The van der Waals surface area contributed by atoms with E-state index in [2.05, 4.69) is 5.32 Å². The number of hydrogen-bond donors (Lipinski definition) is 2. The molecule has 0 radical (unpaired) electrons. The van der Waals surface area contributed by atoms with Crippen LogP contribution in [-0.2, 0) is 4.74 Å². The summed E-state index contributed by atoms with van der Waals surface area (Å²) in [5.41, 5.74) is 0.473. The molecule has 0 spiro atoms. The van der Waals surface area contributed by atoms with Crippen molar-refractivity contribution in [2.45, 2.75) is 44.2 Å². The van der Waals surface area contributed by atoms with Crippen molar-refractivity contribution < 1.29 is 19.4 Å². The van der Waals surface area contributed by atoms with Gasteiger partial charge >= 0.3 is 0 Å². The standard InChI is InChI=1S/C19H25NO4/c1-23-15-7-6-12(10-14(15)21)19(22)20-17-13-8-9-24-18(13)16(17)11-4-2-3-5-11/h6-7,10-11,13,16-18,21H,2-5,8-9H2,1H3,(H,20,22)/t13-,16+,17+,18-/m0/s1. The van der Waals surface area contributed by atoms with Crippen molar-refractivity contribution in [3.63, 3.8) is 0 Å². The molecule has 2 N–H and O–H groups in total. The molecular weight excluding hydrogens is 306 g/mol. The van der Waals surface area contributed by atoms with E-state index in [9.17, 15) is 9.90 Å². The van der Waals surface area contributed by atoms with Crippen LogP contribution < -0.4 is 10.1 Å². The summed E-state index contributed by atoms with van der Waals surface area (Å²) < 4.78 is 11.0. The largest absolute Gasteiger partial charge is 0.504 e. The van der Waals surface area contributed by atoms with Gasteiger partial charge < -0.3 is 19.9 Å². The summed E-state index contributed by atoms with van der Waals surface area (Å²) in [4.78, 5) is 12.6. The highest BCUT2D eigenvalue weighted by molar-refractivity contribution is 5.95. The van der Waals surface area contributed by atoms with Gasteiger partial charge in [-0.1, -0.05) is 25.7 Å². The average molecular weight is 331 g/mol. The second kappa shape index (κ2) is 6.28. The van der Waals surface area contributed by atoms with Crippen LogP contribution in [-0.4, -0.2) is 36.9 Å². The molecule has 24 heavy (non-hydrogen) atoms. The van der Waals surface area contributed by atoms with Gasteiger partial charge in [0.1, 0.15) is 0 Å². The molecule has 3 fully saturated rings. The molecule has 0 unspecified atom stereocenters. The van der Waals surface area contributed by atoms with Gasteiger partial charge in [-0.25, -0.2) is 0 Å².